The summed E-state index contributed by atoms with van der Waals surface area (Å²) in [4.78, 5) is 12.2. The third-order valence-corrected chi connectivity index (χ3v) is 4.52. The molecule has 0 heterocycles. The molecule has 0 atom stereocenters. The van der Waals surface area contributed by atoms with Gasteiger partial charge in [-0.1, -0.05) is 12.1 Å². The molecule has 0 aliphatic heterocycles. The smallest absolute Gasteiger partial charge is 0.251 e. The Kier molecular flexibility index (Phi) is 6.26. The van der Waals surface area contributed by atoms with Crippen LogP contribution in [0.3, 0.4) is 0 Å². The predicted molar refractivity (Wildman–Crippen MR) is 103 cm³/mol. The van der Waals surface area contributed by atoms with E-state index in [1.165, 1.54) is 11.6 Å². The molecule has 0 bridgehead atoms. The summed E-state index contributed by atoms with van der Waals surface area (Å²) < 4.78 is 30.8. The lowest BCUT2D eigenvalue weighted by Gasteiger charge is -2.11. The Balaban J connectivity index is 1.91. The number of hydrogen-bond donors (Lipinski definition) is 2. The van der Waals surface area contributed by atoms with Gasteiger partial charge in [0.1, 0.15) is 12.4 Å². The van der Waals surface area contributed by atoms with Crippen LogP contribution in [-0.2, 0) is 10.0 Å². The summed E-state index contributed by atoms with van der Waals surface area (Å²) in [6.07, 6.45) is 1.07. The SMILES string of the molecule is Cc1ccc(OCCNC(=O)c2ccc(C)c(NS(C)(=O)=O)c2)cc1C. The first-order chi connectivity index (χ1) is 12.2. The zero-order valence-corrected chi connectivity index (χ0v) is 16.2. The zero-order valence-electron chi connectivity index (χ0n) is 15.4. The van der Waals surface area contributed by atoms with Crippen LogP contribution in [-0.4, -0.2) is 33.7 Å². The molecule has 140 valence electrons. The molecule has 0 unspecified atom stereocenters. The molecule has 0 radical (unpaired) electrons. The van der Waals surface area contributed by atoms with E-state index in [0.29, 0.717) is 24.4 Å². The van der Waals surface area contributed by atoms with Gasteiger partial charge < -0.3 is 10.1 Å². The van der Waals surface area contributed by atoms with Crippen molar-refractivity contribution in [3.63, 3.8) is 0 Å². The van der Waals surface area contributed by atoms with E-state index in [1.54, 1.807) is 19.1 Å². The van der Waals surface area contributed by atoms with Crippen LogP contribution in [0.15, 0.2) is 36.4 Å². The maximum Gasteiger partial charge on any atom is 0.251 e. The van der Waals surface area contributed by atoms with Gasteiger partial charge in [-0.2, -0.15) is 0 Å². The molecule has 7 heteroatoms. The van der Waals surface area contributed by atoms with Gasteiger partial charge in [0.15, 0.2) is 0 Å². The van der Waals surface area contributed by atoms with Crippen LogP contribution in [0, 0.1) is 20.8 Å². The number of benzene rings is 2. The van der Waals surface area contributed by atoms with Gasteiger partial charge in [-0.25, -0.2) is 8.42 Å². The molecule has 0 fully saturated rings. The summed E-state index contributed by atoms with van der Waals surface area (Å²) in [7, 11) is -3.40. The Hall–Kier alpha value is -2.54. The number of amides is 1. The number of rotatable bonds is 7. The Bertz CT molecular complexity index is 908. The topological polar surface area (TPSA) is 84.5 Å². The van der Waals surface area contributed by atoms with Gasteiger partial charge in [-0.3, -0.25) is 9.52 Å². The Morgan fingerprint density at radius 3 is 2.35 bits per heavy atom. The molecule has 2 aromatic carbocycles. The van der Waals surface area contributed by atoms with E-state index < -0.39 is 10.0 Å². The summed E-state index contributed by atoms with van der Waals surface area (Å²) >= 11 is 0. The number of carbonyl (C=O) groups excluding carboxylic acids is 1. The summed E-state index contributed by atoms with van der Waals surface area (Å²) in [5.41, 5.74) is 3.87. The first-order valence-electron chi connectivity index (χ1n) is 8.22. The fourth-order valence-corrected chi connectivity index (χ4v) is 2.93. The van der Waals surface area contributed by atoms with Gasteiger partial charge in [0.25, 0.3) is 5.91 Å². The lowest BCUT2D eigenvalue weighted by atomic mass is 10.1. The number of aryl methyl sites for hydroxylation is 3. The normalized spacial score (nSPS) is 11.1. The van der Waals surface area contributed by atoms with Gasteiger partial charge in [-0.15, -0.1) is 0 Å². The molecule has 0 saturated carbocycles. The van der Waals surface area contributed by atoms with E-state index in [4.69, 9.17) is 4.74 Å². The van der Waals surface area contributed by atoms with Crippen LogP contribution in [0.5, 0.6) is 5.75 Å². The number of anilines is 1. The lowest BCUT2D eigenvalue weighted by molar-refractivity contribution is 0.0947. The highest BCUT2D eigenvalue weighted by Crippen LogP contribution is 2.18. The number of hydrogen-bond acceptors (Lipinski definition) is 4. The minimum Gasteiger partial charge on any atom is -0.492 e. The fraction of sp³-hybridized carbons (Fsp3) is 0.316. The van der Waals surface area contributed by atoms with Crippen molar-refractivity contribution in [2.75, 3.05) is 24.1 Å². The van der Waals surface area contributed by atoms with Crippen molar-refractivity contribution in [1.29, 1.82) is 0 Å². The highest BCUT2D eigenvalue weighted by atomic mass is 32.2. The summed E-state index contributed by atoms with van der Waals surface area (Å²) in [5, 5.41) is 2.76. The Morgan fingerprint density at radius 2 is 1.69 bits per heavy atom. The van der Waals surface area contributed by atoms with Gasteiger partial charge in [0.05, 0.1) is 18.5 Å². The molecule has 0 aromatic heterocycles. The molecular weight excluding hydrogens is 352 g/mol. The second-order valence-corrected chi connectivity index (χ2v) is 8.00. The lowest BCUT2D eigenvalue weighted by Crippen LogP contribution is -2.28. The molecule has 0 spiro atoms. The summed E-state index contributed by atoms with van der Waals surface area (Å²) in [6.45, 7) is 6.51. The molecule has 0 saturated heterocycles. The van der Waals surface area contributed by atoms with Crippen LogP contribution in [0.25, 0.3) is 0 Å². The van der Waals surface area contributed by atoms with Crippen LogP contribution in [0.4, 0.5) is 5.69 Å². The maximum absolute atomic E-state index is 12.2. The third-order valence-electron chi connectivity index (χ3n) is 3.93. The van der Waals surface area contributed by atoms with E-state index in [9.17, 15) is 13.2 Å². The van der Waals surface area contributed by atoms with Crippen LogP contribution >= 0.6 is 0 Å². The van der Waals surface area contributed by atoms with Gasteiger partial charge in [0.2, 0.25) is 10.0 Å². The fourth-order valence-electron chi connectivity index (χ4n) is 2.31. The summed E-state index contributed by atoms with van der Waals surface area (Å²) in [5.74, 6) is 0.475. The van der Waals surface area contributed by atoms with Gasteiger partial charge in [-0.05, 0) is 61.7 Å². The van der Waals surface area contributed by atoms with E-state index in [0.717, 1.165) is 23.1 Å². The predicted octanol–water partition coefficient (Wildman–Crippen LogP) is 2.79. The first-order valence-corrected chi connectivity index (χ1v) is 10.1. The average molecular weight is 376 g/mol. The standard InChI is InChI=1S/C19H24N2O4S/c1-13-6-8-17(11-15(13)3)25-10-9-20-19(22)16-7-5-14(2)18(12-16)21-26(4,23)24/h5-8,11-12,21H,9-10H2,1-4H3,(H,20,22). The molecule has 1 amide bonds. The minimum atomic E-state index is -3.40. The number of sulfonamides is 1. The molecule has 2 N–H and O–H groups in total. The van der Waals surface area contributed by atoms with Crippen molar-refractivity contribution >= 4 is 21.6 Å². The molecular formula is C19H24N2O4S. The number of nitrogens with one attached hydrogen (secondary N) is 2. The van der Waals surface area contributed by atoms with E-state index in [-0.39, 0.29) is 5.91 Å². The molecule has 2 aromatic rings. The van der Waals surface area contributed by atoms with E-state index in [1.807, 2.05) is 32.0 Å². The second kappa shape index (κ2) is 8.23. The van der Waals surface area contributed by atoms with Crippen LogP contribution in [0.1, 0.15) is 27.0 Å². The Morgan fingerprint density at radius 1 is 1.00 bits per heavy atom. The molecule has 6 nitrogen and oxygen atoms in total. The van der Waals surface area contributed by atoms with Gasteiger partial charge in [0, 0.05) is 5.56 Å². The van der Waals surface area contributed by atoms with Crippen molar-refractivity contribution in [3.8, 4) is 5.75 Å². The minimum absolute atomic E-state index is 0.287. The van der Waals surface area contributed by atoms with Crippen molar-refractivity contribution in [1.82, 2.24) is 5.32 Å². The highest BCUT2D eigenvalue weighted by molar-refractivity contribution is 7.92. The Labute approximate surface area is 154 Å². The zero-order chi connectivity index (χ0) is 19.3. The van der Waals surface area contributed by atoms with Crippen molar-refractivity contribution in [2.24, 2.45) is 0 Å². The average Bonchev–Trinajstić information content (AvgIpc) is 2.55. The molecule has 0 aliphatic carbocycles. The summed E-state index contributed by atoms with van der Waals surface area (Å²) in [6, 6.07) is 10.7. The molecule has 0 aliphatic rings. The third kappa shape index (κ3) is 5.77. The molecule has 2 rings (SSSR count). The molecule has 26 heavy (non-hydrogen) atoms. The number of carbonyl (C=O) groups is 1. The first kappa shape index (κ1) is 19.8. The highest BCUT2D eigenvalue weighted by Gasteiger charge is 2.10. The maximum atomic E-state index is 12.2. The van der Waals surface area contributed by atoms with Crippen LogP contribution < -0.4 is 14.8 Å². The second-order valence-electron chi connectivity index (χ2n) is 6.25. The number of ether oxygens (including phenoxy) is 1. The quantitative estimate of drug-likeness (QED) is 0.728. The van der Waals surface area contributed by atoms with Crippen molar-refractivity contribution in [2.45, 2.75) is 20.8 Å². The van der Waals surface area contributed by atoms with E-state index >= 15 is 0 Å². The monoisotopic (exact) mass is 376 g/mol. The van der Waals surface area contributed by atoms with Crippen molar-refractivity contribution < 1.29 is 17.9 Å². The van der Waals surface area contributed by atoms with E-state index in [2.05, 4.69) is 10.0 Å². The van der Waals surface area contributed by atoms with Crippen LogP contribution in [0.2, 0.25) is 0 Å². The van der Waals surface area contributed by atoms with Gasteiger partial charge >= 0.3 is 0 Å². The van der Waals surface area contributed by atoms with Crippen molar-refractivity contribution in [3.05, 3.63) is 58.7 Å². The largest absolute Gasteiger partial charge is 0.492 e.